The van der Waals surface area contributed by atoms with Gasteiger partial charge >= 0.3 is 5.97 Å². The first-order valence-electron chi connectivity index (χ1n) is 6.47. The maximum atomic E-state index is 11.1. The second kappa shape index (κ2) is 4.97. The van der Waals surface area contributed by atoms with Crippen molar-refractivity contribution in [1.29, 1.82) is 0 Å². The fraction of sp³-hybridized carbons (Fsp3) is 0.438. The van der Waals surface area contributed by atoms with Crippen LogP contribution in [0.1, 0.15) is 48.9 Å². The van der Waals surface area contributed by atoms with Crippen LogP contribution in [0.25, 0.3) is 5.57 Å². The number of hydrogen-bond acceptors (Lipinski definition) is 2. The zero-order valence-electron chi connectivity index (χ0n) is 11.6. The van der Waals surface area contributed by atoms with Crippen molar-refractivity contribution >= 4 is 11.5 Å². The SMILES string of the molecule is CC(=O)O/C(C)=C1\CCCc2c(C)cc(C)cc21. The van der Waals surface area contributed by atoms with Gasteiger partial charge in [0.2, 0.25) is 0 Å². The van der Waals surface area contributed by atoms with Gasteiger partial charge in [0, 0.05) is 6.92 Å². The molecule has 1 aliphatic carbocycles. The molecule has 0 bridgehead atoms. The van der Waals surface area contributed by atoms with Crippen molar-refractivity contribution < 1.29 is 9.53 Å². The van der Waals surface area contributed by atoms with Crippen LogP contribution in [0.15, 0.2) is 17.9 Å². The normalized spacial score (nSPS) is 17.1. The summed E-state index contributed by atoms with van der Waals surface area (Å²) in [4.78, 5) is 11.1. The number of hydrogen-bond donors (Lipinski definition) is 0. The summed E-state index contributed by atoms with van der Waals surface area (Å²) in [5, 5.41) is 0. The van der Waals surface area contributed by atoms with Crippen LogP contribution in [0.4, 0.5) is 0 Å². The molecular weight excluding hydrogens is 224 g/mol. The minimum absolute atomic E-state index is 0.239. The molecule has 0 atom stereocenters. The molecule has 2 nitrogen and oxygen atoms in total. The molecule has 0 aliphatic heterocycles. The molecular formula is C16H20O2. The molecule has 0 saturated heterocycles. The number of carbonyl (C=O) groups is 1. The Bertz CT molecular complexity index is 524. The predicted molar refractivity (Wildman–Crippen MR) is 73.2 cm³/mol. The molecule has 96 valence electrons. The second-order valence-electron chi connectivity index (χ2n) is 5.09. The minimum atomic E-state index is -0.239. The van der Waals surface area contributed by atoms with Gasteiger partial charge in [0.15, 0.2) is 0 Å². The van der Waals surface area contributed by atoms with Gasteiger partial charge in [-0.3, -0.25) is 4.79 Å². The largest absolute Gasteiger partial charge is 0.431 e. The van der Waals surface area contributed by atoms with E-state index in [2.05, 4.69) is 26.0 Å². The van der Waals surface area contributed by atoms with E-state index >= 15 is 0 Å². The Morgan fingerprint density at radius 2 is 1.89 bits per heavy atom. The highest BCUT2D eigenvalue weighted by molar-refractivity contribution is 5.76. The van der Waals surface area contributed by atoms with Crippen LogP contribution in [-0.2, 0) is 16.0 Å². The lowest BCUT2D eigenvalue weighted by atomic mass is 9.83. The van der Waals surface area contributed by atoms with Crippen molar-refractivity contribution in [1.82, 2.24) is 0 Å². The first-order valence-corrected chi connectivity index (χ1v) is 6.47. The first kappa shape index (κ1) is 12.9. The standard InChI is InChI=1S/C16H20O2/c1-10-8-11(2)14-6-5-7-15(16(14)9-10)12(3)18-13(4)17/h8-9H,5-7H2,1-4H3/b15-12+. The van der Waals surface area contributed by atoms with E-state index in [4.69, 9.17) is 4.74 Å². The van der Waals surface area contributed by atoms with Crippen LogP contribution in [-0.4, -0.2) is 5.97 Å². The first-order chi connectivity index (χ1) is 8.49. The maximum Gasteiger partial charge on any atom is 0.307 e. The number of carbonyl (C=O) groups excluding carboxylic acids is 1. The molecule has 2 rings (SSSR count). The fourth-order valence-corrected chi connectivity index (χ4v) is 2.82. The molecule has 2 heteroatoms. The summed E-state index contributed by atoms with van der Waals surface area (Å²) in [6.45, 7) is 7.62. The molecule has 0 spiro atoms. The van der Waals surface area contributed by atoms with Gasteiger partial charge in [-0.2, -0.15) is 0 Å². The summed E-state index contributed by atoms with van der Waals surface area (Å²) in [7, 11) is 0. The van der Waals surface area contributed by atoms with E-state index in [0.29, 0.717) is 0 Å². The van der Waals surface area contributed by atoms with E-state index in [-0.39, 0.29) is 5.97 Å². The Morgan fingerprint density at radius 1 is 1.17 bits per heavy atom. The second-order valence-corrected chi connectivity index (χ2v) is 5.09. The highest BCUT2D eigenvalue weighted by Gasteiger charge is 2.19. The number of esters is 1. The highest BCUT2D eigenvalue weighted by atomic mass is 16.5. The number of allylic oxidation sites excluding steroid dienone is 2. The van der Waals surface area contributed by atoms with Crippen molar-refractivity contribution in [3.63, 3.8) is 0 Å². The molecule has 0 saturated carbocycles. The van der Waals surface area contributed by atoms with E-state index in [0.717, 1.165) is 25.0 Å². The molecule has 1 aromatic carbocycles. The van der Waals surface area contributed by atoms with Crippen LogP contribution < -0.4 is 0 Å². The summed E-state index contributed by atoms with van der Waals surface area (Å²) >= 11 is 0. The molecule has 0 amide bonds. The monoisotopic (exact) mass is 244 g/mol. The van der Waals surface area contributed by atoms with Gasteiger partial charge in [0.25, 0.3) is 0 Å². The summed E-state index contributed by atoms with van der Waals surface area (Å²) in [5.74, 6) is 0.518. The van der Waals surface area contributed by atoms with E-state index < -0.39 is 0 Å². The van der Waals surface area contributed by atoms with Crippen molar-refractivity contribution in [2.24, 2.45) is 0 Å². The Hall–Kier alpha value is -1.57. The molecule has 1 aromatic rings. The molecule has 0 N–H and O–H groups in total. The van der Waals surface area contributed by atoms with Crippen LogP contribution >= 0.6 is 0 Å². The number of fused-ring (bicyclic) bond motifs is 1. The quantitative estimate of drug-likeness (QED) is 0.552. The molecule has 0 aromatic heterocycles. The van der Waals surface area contributed by atoms with Crippen molar-refractivity contribution in [3.05, 3.63) is 40.1 Å². The third kappa shape index (κ3) is 2.47. The van der Waals surface area contributed by atoms with Gasteiger partial charge in [0.1, 0.15) is 5.76 Å². The van der Waals surface area contributed by atoms with Gasteiger partial charge in [0.05, 0.1) is 0 Å². The van der Waals surface area contributed by atoms with E-state index in [1.54, 1.807) is 0 Å². The molecule has 0 heterocycles. The van der Waals surface area contributed by atoms with Gasteiger partial charge in [-0.15, -0.1) is 0 Å². The van der Waals surface area contributed by atoms with Crippen LogP contribution in [0.2, 0.25) is 0 Å². The van der Waals surface area contributed by atoms with Gasteiger partial charge in [-0.25, -0.2) is 0 Å². The van der Waals surface area contributed by atoms with Crippen LogP contribution in [0.3, 0.4) is 0 Å². The Kier molecular flexibility index (Phi) is 3.55. The summed E-state index contributed by atoms with van der Waals surface area (Å²) < 4.78 is 5.27. The minimum Gasteiger partial charge on any atom is -0.431 e. The Morgan fingerprint density at radius 3 is 2.56 bits per heavy atom. The zero-order valence-corrected chi connectivity index (χ0v) is 11.6. The predicted octanol–water partition coefficient (Wildman–Crippen LogP) is 3.93. The molecule has 18 heavy (non-hydrogen) atoms. The number of ether oxygens (including phenoxy) is 1. The number of rotatable bonds is 1. The lowest BCUT2D eigenvalue weighted by Gasteiger charge is -2.23. The maximum absolute atomic E-state index is 11.1. The van der Waals surface area contributed by atoms with Crippen molar-refractivity contribution in [3.8, 4) is 0 Å². The summed E-state index contributed by atoms with van der Waals surface area (Å²) in [6, 6.07) is 4.44. The van der Waals surface area contributed by atoms with Gasteiger partial charge < -0.3 is 4.74 Å². The molecule has 0 fully saturated rings. The summed E-state index contributed by atoms with van der Waals surface area (Å²) in [6.07, 6.45) is 3.25. The average molecular weight is 244 g/mol. The van der Waals surface area contributed by atoms with E-state index in [9.17, 15) is 4.79 Å². The Balaban J connectivity index is 2.54. The van der Waals surface area contributed by atoms with Crippen LogP contribution in [0.5, 0.6) is 0 Å². The summed E-state index contributed by atoms with van der Waals surface area (Å²) in [5.41, 5.74) is 6.49. The topological polar surface area (TPSA) is 26.3 Å². The smallest absolute Gasteiger partial charge is 0.307 e. The number of benzene rings is 1. The van der Waals surface area contributed by atoms with Gasteiger partial charge in [-0.05, 0) is 62.3 Å². The average Bonchev–Trinajstić information content (AvgIpc) is 2.27. The van der Waals surface area contributed by atoms with Crippen molar-refractivity contribution in [2.45, 2.75) is 47.0 Å². The molecule has 1 aliphatic rings. The molecule has 0 radical (unpaired) electrons. The fourth-order valence-electron chi connectivity index (χ4n) is 2.82. The number of aryl methyl sites for hydroxylation is 2. The van der Waals surface area contributed by atoms with Crippen molar-refractivity contribution in [2.75, 3.05) is 0 Å². The van der Waals surface area contributed by atoms with E-state index in [1.807, 2.05) is 6.92 Å². The lowest BCUT2D eigenvalue weighted by Crippen LogP contribution is -2.08. The van der Waals surface area contributed by atoms with Gasteiger partial charge in [-0.1, -0.05) is 17.7 Å². The zero-order chi connectivity index (χ0) is 13.3. The third-order valence-electron chi connectivity index (χ3n) is 3.52. The third-order valence-corrected chi connectivity index (χ3v) is 3.52. The molecule has 0 unspecified atom stereocenters. The highest BCUT2D eigenvalue weighted by Crippen LogP contribution is 2.35. The van der Waals surface area contributed by atoms with E-state index in [1.165, 1.54) is 34.8 Å². The van der Waals surface area contributed by atoms with Crippen LogP contribution in [0, 0.1) is 13.8 Å². The Labute approximate surface area is 109 Å². The lowest BCUT2D eigenvalue weighted by molar-refractivity contribution is -0.136.